The number of rotatable bonds is 5. The minimum absolute atomic E-state index is 0.638. The van der Waals surface area contributed by atoms with Crippen molar-refractivity contribution in [2.45, 2.75) is 32.4 Å². The molecule has 0 aliphatic carbocycles. The first-order valence-corrected chi connectivity index (χ1v) is 7.70. The van der Waals surface area contributed by atoms with E-state index in [0.29, 0.717) is 5.96 Å². The second-order valence-corrected chi connectivity index (χ2v) is 6.28. The summed E-state index contributed by atoms with van der Waals surface area (Å²) >= 11 is 0. The third-order valence-corrected chi connectivity index (χ3v) is 3.74. The average molecular weight is 301 g/mol. The zero-order chi connectivity index (χ0) is 16.2. The van der Waals surface area contributed by atoms with Crippen LogP contribution in [0.25, 0.3) is 0 Å². The topological polar surface area (TPSA) is 65.7 Å². The Morgan fingerprint density at radius 1 is 1.32 bits per heavy atom. The van der Waals surface area contributed by atoms with Gasteiger partial charge >= 0.3 is 0 Å². The molecule has 22 heavy (non-hydrogen) atoms. The van der Waals surface area contributed by atoms with Gasteiger partial charge in [0, 0.05) is 11.9 Å². The van der Waals surface area contributed by atoms with Gasteiger partial charge < -0.3 is 21.3 Å². The smallest absolute Gasteiger partial charge is 0.202 e. The number of nitrogens with two attached hydrogens (primary N) is 1. The number of guanidine groups is 1. The summed E-state index contributed by atoms with van der Waals surface area (Å²) in [4.78, 5) is 6.80. The first kappa shape index (κ1) is 16.5. The summed E-state index contributed by atoms with van der Waals surface area (Å²) in [7, 11) is 4.14. The van der Waals surface area contributed by atoms with Crippen LogP contribution in [0.1, 0.15) is 24.0 Å². The lowest BCUT2D eigenvalue weighted by atomic mass is 10.0. The number of hydrogen-bond acceptors (Lipinski definition) is 5. The van der Waals surface area contributed by atoms with Crippen LogP contribution in [0.15, 0.2) is 35.5 Å². The van der Waals surface area contributed by atoms with E-state index in [-0.39, 0.29) is 0 Å². The fourth-order valence-corrected chi connectivity index (χ4v) is 2.42. The lowest BCUT2D eigenvalue weighted by molar-refractivity contribution is 0.367. The van der Waals surface area contributed by atoms with Crippen LogP contribution in [0.3, 0.4) is 0 Å². The van der Waals surface area contributed by atoms with Gasteiger partial charge in [0.25, 0.3) is 0 Å². The van der Waals surface area contributed by atoms with Gasteiger partial charge in [-0.05, 0) is 70.6 Å². The summed E-state index contributed by atoms with van der Waals surface area (Å²) in [5.41, 5.74) is 9.19. The molecule has 120 valence electrons. The van der Waals surface area contributed by atoms with Crippen LogP contribution in [0.5, 0.6) is 0 Å². The van der Waals surface area contributed by atoms with Gasteiger partial charge in [-0.1, -0.05) is 12.1 Å². The first-order valence-electron chi connectivity index (χ1n) is 7.70. The van der Waals surface area contributed by atoms with Gasteiger partial charge in [-0.15, -0.1) is 0 Å². The predicted octanol–water partition coefficient (Wildman–Crippen LogP) is 2.19. The van der Waals surface area contributed by atoms with Gasteiger partial charge in [-0.2, -0.15) is 0 Å². The van der Waals surface area contributed by atoms with Gasteiger partial charge in [-0.25, -0.2) is 4.99 Å². The van der Waals surface area contributed by atoms with Crippen molar-refractivity contribution in [3.8, 4) is 0 Å². The van der Waals surface area contributed by atoms with Crippen molar-refractivity contribution in [3.05, 3.63) is 41.6 Å². The van der Waals surface area contributed by atoms with Gasteiger partial charge in [-0.3, -0.25) is 0 Å². The van der Waals surface area contributed by atoms with Crippen molar-refractivity contribution in [2.75, 3.05) is 26.0 Å². The highest BCUT2D eigenvalue weighted by Crippen LogP contribution is 2.19. The summed E-state index contributed by atoms with van der Waals surface area (Å²) in [6, 6.07) is 6.32. The van der Waals surface area contributed by atoms with Crippen molar-refractivity contribution in [3.63, 3.8) is 0 Å². The van der Waals surface area contributed by atoms with Crippen LogP contribution in [-0.2, 0) is 0 Å². The highest BCUT2D eigenvalue weighted by Gasteiger charge is 2.23. The van der Waals surface area contributed by atoms with Crippen molar-refractivity contribution >= 4 is 11.6 Å². The second kappa shape index (κ2) is 6.94. The molecule has 0 fully saturated rings. The molecule has 4 N–H and O–H groups in total. The van der Waals surface area contributed by atoms with E-state index in [1.54, 1.807) is 0 Å². The molecule has 1 aliphatic rings. The van der Waals surface area contributed by atoms with Crippen LogP contribution in [0, 0.1) is 13.8 Å². The fraction of sp³-hybridized carbons (Fsp3) is 0.471. The molecular weight excluding hydrogens is 274 g/mol. The molecule has 1 aliphatic heterocycles. The molecule has 0 radical (unpaired) electrons. The summed E-state index contributed by atoms with van der Waals surface area (Å²) in [5.74, 6) is 0.698. The maximum absolute atomic E-state index is 6.38. The Labute approximate surface area is 133 Å². The SMILES string of the molecule is Cc1ccc(C)c(NC2=NC(N)(CCCN(C)C)C=CN2)c1. The average Bonchev–Trinajstić information content (AvgIpc) is 2.42. The maximum atomic E-state index is 6.38. The van der Waals surface area contributed by atoms with E-state index in [2.05, 4.69) is 66.7 Å². The lowest BCUT2D eigenvalue weighted by Crippen LogP contribution is -2.44. The van der Waals surface area contributed by atoms with Crippen molar-refractivity contribution in [1.29, 1.82) is 0 Å². The number of aliphatic imine (C=N–C) groups is 1. The standard InChI is InChI=1S/C17H27N5/c1-13-6-7-14(2)15(12-13)20-16-19-10-9-17(18,21-16)8-5-11-22(3)4/h6-7,9-10,12H,5,8,11,18H2,1-4H3,(H2,19,20,21). The molecule has 0 aromatic heterocycles. The molecule has 1 heterocycles. The zero-order valence-corrected chi connectivity index (χ0v) is 14.0. The van der Waals surface area contributed by atoms with Gasteiger partial charge in [0.05, 0.1) is 0 Å². The normalized spacial score (nSPS) is 20.7. The Morgan fingerprint density at radius 2 is 2.09 bits per heavy atom. The summed E-state index contributed by atoms with van der Waals surface area (Å²) < 4.78 is 0. The monoisotopic (exact) mass is 301 g/mol. The van der Waals surface area contributed by atoms with E-state index in [0.717, 1.165) is 25.1 Å². The van der Waals surface area contributed by atoms with E-state index < -0.39 is 5.66 Å². The molecule has 0 bridgehead atoms. The molecule has 0 saturated carbocycles. The third kappa shape index (κ3) is 4.58. The Balaban J connectivity index is 2.06. The second-order valence-electron chi connectivity index (χ2n) is 6.28. The Hall–Kier alpha value is -1.85. The van der Waals surface area contributed by atoms with Gasteiger partial charge in [0.1, 0.15) is 5.66 Å². The summed E-state index contributed by atoms with van der Waals surface area (Å²) in [6.45, 7) is 5.17. The summed E-state index contributed by atoms with van der Waals surface area (Å²) in [6.07, 6.45) is 5.63. The number of nitrogens with one attached hydrogen (secondary N) is 2. The molecular formula is C17H27N5. The minimum atomic E-state index is -0.638. The molecule has 0 amide bonds. The number of aryl methyl sites for hydroxylation is 2. The van der Waals surface area contributed by atoms with Crippen LogP contribution in [-0.4, -0.2) is 37.2 Å². The quantitative estimate of drug-likeness (QED) is 0.780. The predicted molar refractivity (Wildman–Crippen MR) is 94.0 cm³/mol. The van der Waals surface area contributed by atoms with Crippen LogP contribution in [0.2, 0.25) is 0 Å². The van der Waals surface area contributed by atoms with Crippen molar-refractivity contribution in [1.82, 2.24) is 10.2 Å². The van der Waals surface area contributed by atoms with E-state index in [4.69, 9.17) is 5.73 Å². The zero-order valence-electron chi connectivity index (χ0n) is 14.0. The number of nitrogens with zero attached hydrogens (tertiary/aromatic N) is 2. The van der Waals surface area contributed by atoms with E-state index in [1.807, 2.05) is 12.3 Å². The fourth-order valence-electron chi connectivity index (χ4n) is 2.42. The third-order valence-electron chi connectivity index (χ3n) is 3.74. The van der Waals surface area contributed by atoms with Crippen molar-refractivity contribution in [2.24, 2.45) is 10.7 Å². The molecule has 1 unspecified atom stereocenters. The van der Waals surface area contributed by atoms with E-state index in [9.17, 15) is 0 Å². The van der Waals surface area contributed by atoms with Gasteiger partial charge in [0.2, 0.25) is 5.96 Å². The lowest BCUT2D eigenvalue weighted by Gasteiger charge is -2.27. The molecule has 0 spiro atoms. The van der Waals surface area contributed by atoms with Crippen LogP contribution < -0.4 is 16.4 Å². The minimum Gasteiger partial charge on any atom is -0.333 e. The Bertz CT molecular complexity index is 576. The number of hydrogen-bond donors (Lipinski definition) is 3. The highest BCUT2D eigenvalue weighted by molar-refractivity contribution is 5.95. The molecule has 5 nitrogen and oxygen atoms in total. The van der Waals surface area contributed by atoms with Crippen molar-refractivity contribution < 1.29 is 0 Å². The number of anilines is 1. The van der Waals surface area contributed by atoms with Gasteiger partial charge in [0.15, 0.2) is 0 Å². The largest absolute Gasteiger partial charge is 0.333 e. The molecule has 1 aromatic rings. The Kier molecular flexibility index (Phi) is 5.21. The summed E-state index contributed by atoms with van der Waals surface area (Å²) in [5, 5.41) is 6.48. The van der Waals surface area contributed by atoms with Crippen LogP contribution >= 0.6 is 0 Å². The molecule has 5 heteroatoms. The maximum Gasteiger partial charge on any atom is 0.202 e. The van der Waals surface area contributed by atoms with E-state index in [1.165, 1.54) is 11.1 Å². The Morgan fingerprint density at radius 3 is 2.82 bits per heavy atom. The highest BCUT2D eigenvalue weighted by atomic mass is 15.2. The molecule has 1 aromatic carbocycles. The molecule has 0 saturated heterocycles. The van der Waals surface area contributed by atoms with Crippen LogP contribution in [0.4, 0.5) is 5.69 Å². The molecule has 1 atom stereocenters. The first-order chi connectivity index (χ1) is 10.4. The number of benzene rings is 1. The molecule has 2 rings (SSSR count). The van der Waals surface area contributed by atoms with E-state index >= 15 is 0 Å².